The zero-order chi connectivity index (χ0) is 13.8. The van der Waals surface area contributed by atoms with Gasteiger partial charge >= 0.3 is 5.97 Å². The number of carboxylic acids is 1. The van der Waals surface area contributed by atoms with E-state index < -0.39 is 12.1 Å². The maximum Gasteiger partial charge on any atom is 0.332 e. The summed E-state index contributed by atoms with van der Waals surface area (Å²) in [6.07, 6.45) is 6.14. The number of rotatable bonds is 4. The number of hydrogen-bond acceptors (Lipinski definition) is 3. The molecular weight excluding hydrogens is 246 g/mol. The monoisotopic (exact) mass is 269 g/mol. The molecule has 1 N–H and O–H groups in total. The van der Waals surface area contributed by atoms with Crippen molar-refractivity contribution in [3.63, 3.8) is 0 Å². The summed E-state index contributed by atoms with van der Waals surface area (Å²) in [5.41, 5.74) is 0. The molecular formula is C14H23NO4. The second-order valence-corrected chi connectivity index (χ2v) is 5.63. The SMILES string of the molecule is C[C@@H](OCC(=O)N1CCCC2CCCCC21)C(=O)O. The van der Waals surface area contributed by atoms with Crippen molar-refractivity contribution in [2.24, 2.45) is 5.92 Å². The summed E-state index contributed by atoms with van der Waals surface area (Å²) in [5.74, 6) is -0.435. The molecule has 1 heterocycles. The molecule has 0 aromatic carbocycles. The minimum atomic E-state index is -1.03. The van der Waals surface area contributed by atoms with Crippen LogP contribution in [0.3, 0.4) is 0 Å². The first-order valence-corrected chi connectivity index (χ1v) is 7.23. The van der Waals surface area contributed by atoms with E-state index in [4.69, 9.17) is 9.84 Å². The Bertz CT molecular complexity index is 342. The second-order valence-electron chi connectivity index (χ2n) is 5.63. The van der Waals surface area contributed by atoms with E-state index in [0.29, 0.717) is 12.0 Å². The van der Waals surface area contributed by atoms with Gasteiger partial charge in [0.15, 0.2) is 6.10 Å². The van der Waals surface area contributed by atoms with Crippen molar-refractivity contribution in [1.82, 2.24) is 4.90 Å². The normalized spacial score (nSPS) is 28.6. The van der Waals surface area contributed by atoms with E-state index in [1.807, 2.05) is 4.90 Å². The highest BCUT2D eigenvalue weighted by molar-refractivity contribution is 5.79. The number of carbonyl (C=O) groups excluding carboxylic acids is 1. The summed E-state index contributed by atoms with van der Waals surface area (Å²) in [7, 11) is 0. The highest BCUT2D eigenvalue weighted by atomic mass is 16.5. The zero-order valence-corrected chi connectivity index (χ0v) is 11.5. The van der Waals surface area contributed by atoms with Crippen LogP contribution in [0.1, 0.15) is 45.4 Å². The third kappa shape index (κ3) is 3.47. The van der Waals surface area contributed by atoms with Crippen molar-refractivity contribution in [2.45, 2.75) is 57.6 Å². The first-order valence-electron chi connectivity index (χ1n) is 7.23. The van der Waals surface area contributed by atoms with E-state index in [-0.39, 0.29) is 12.5 Å². The fourth-order valence-electron chi connectivity index (χ4n) is 3.28. The van der Waals surface area contributed by atoms with Crippen molar-refractivity contribution in [2.75, 3.05) is 13.2 Å². The molecule has 3 atom stereocenters. The van der Waals surface area contributed by atoms with Crippen LogP contribution in [-0.2, 0) is 14.3 Å². The van der Waals surface area contributed by atoms with Gasteiger partial charge in [0.2, 0.25) is 5.91 Å². The molecule has 0 radical (unpaired) electrons. The van der Waals surface area contributed by atoms with Gasteiger partial charge in [0, 0.05) is 12.6 Å². The smallest absolute Gasteiger partial charge is 0.332 e. The number of carboxylic acid groups (broad SMARTS) is 1. The Hall–Kier alpha value is -1.10. The Balaban J connectivity index is 1.88. The minimum absolute atomic E-state index is 0.0512. The number of carbonyl (C=O) groups is 2. The Morgan fingerprint density at radius 1 is 1.26 bits per heavy atom. The van der Waals surface area contributed by atoms with Crippen molar-refractivity contribution in [3.8, 4) is 0 Å². The molecule has 19 heavy (non-hydrogen) atoms. The summed E-state index contributed by atoms with van der Waals surface area (Å²) >= 11 is 0. The van der Waals surface area contributed by atoms with E-state index in [1.165, 1.54) is 32.6 Å². The first kappa shape index (κ1) is 14.3. The van der Waals surface area contributed by atoms with Gasteiger partial charge in [-0.15, -0.1) is 0 Å². The summed E-state index contributed by atoms with van der Waals surface area (Å²) in [5, 5.41) is 8.74. The molecule has 2 unspecified atom stereocenters. The minimum Gasteiger partial charge on any atom is -0.479 e. The second kappa shape index (κ2) is 6.37. The predicted molar refractivity (Wildman–Crippen MR) is 69.7 cm³/mol. The van der Waals surface area contributed by atoms with Gasteiger partial charge in [-0.05, 0) is 38.5 Å². The first-order chi connectivity index (χ1) is 9.09. The van der Waals surface area contributed by atoms with Gasteiger partial charge in [0.1, 0.15) is 6.61 Å². The Morgan fingerprint density at radius 3 is 2.68 bits per heavy atom. The van der Waals surface area contributed by atoms with Crippen LogP contribution >= 0.6 is 0 Å². The maximum atomic E-state index is 12.2. The van der Waals surface area contributed by atoms with Crippen molar-refractivity contribution >= 4 is 11.9 Å². The predicted octanol–water partition coefficient (Wildman–Crippen LogP) is 1.66. The Kier molecular flexibility index (Phi) is 4.80. The number of aliphatic carboxylic acids is 1. The fraction of sp³-hybridized carbons (Fsp3) is 0.857. The van der Waals surface area contributed by atoms with E-state index in [1.54, 1.807) is 0 Å². The van der Waals surface area contributed by atoms with Crippen LogP contribution < -0.4 is 0 Å². The van der Waals surface area contributed by atoms with Crippen molar-refractivity contribution in [1.29, 1.82) is 0 Å². The molecule has 1 saturated heterocycles. The molecule has 0 aromatic rings. The number of nitrogens with zero attached hydrogens (tertiary/aromatic N) is 1. The summed E-state index contributed by atoms with van der Waals surface area (Å²) in [6.45, 7) is 2.14. The van der Waals surface area contributed by atoms with Gasteiger partial charge in [-0.2, -0.15) is 0 Å². The summed E-state index contributed by atoms with van der Waals surface area (Å²) in [4.78, 5) is 24.8. The molecule has 5 heteroatoms. The standard InChI is InChI=1S/C14H23NO4/c1-10(14(17)18)19-9-13(16)15-8-4-6-11-5-2-3-7-12(11)15/h10-12H,2-9H2,1H3,(H,17,18)/t10-,11?,12?/m1/s1. The van der Waals surface area contributed by atoms with Gasteiger partial charge in [-0.1, -0.05) is 12.8 Å². The van der Waals surface area contributed by atoms with Gasteiger partial charge in [0.25, 0.3) is 0 Å². The van der Waals surface area contributed by atoms with E-state index >= 15 is 0 Å². The Morgan fingerprint density at radius 2 is 1.95 bits per heavy atom. The third-order valence-corrected chi connectivity index (χ3v) is 4.37. The maximum absolute atomic E-state index is 12.2. The van der Waals surface area contributed by atoms with E-state index in [2.05, 4.69) is 0 Å². The van der Waals surface area contributed by atoms with Crippen LogP contribution in [-0.4, -0.2) is 47.2 Å². The molecule has 2 rings (SSSR count). The van der Waals surface area contributed by atoms with Gasteiger partial charge in [0.05, 0.1) is 0 Å². The van der Waals surface area contributed by atoms with Crippen LogP contribution in [0.25, 0.3) is 0 Å². The van der Waals surface area contributed by atoms with E-state index in [0.717, 1.165) is 19.4 Å². The van der Waals surface area contributed by atoms with E-state index in [9.17, 15) is 9.59 Å². The number of ether oxygens (including phenoxy) is 1. The number of fused-ring (bicyclic) bond motifs is 1. The molecule has 2 fully saturated rings. The molecule has 5 nitrogen and oxygen atoms in total. The quantitative estimate of drug-likeness (QED) is 0.843. The highest BCUT2D eigenvalue weighted by Gasteiger charge is 2.35. The molecule has 108 valence electrons. The average molecular weight is 269 g/mol. The van der Waals surface area contributed by atoms with Crippen LogP contribution in [0.2, 0.25) is 0 Å². The van der Waals surface area contributed by atoms with Crippen LogP contribution in [0.5, 0.6) is 0 Å². The molecule has 2 aliphatic rings. The largest absolute Gasteiger partial charge is 0.479 e. The third-order valence-electron chi connectivity index (χ3n) is 4.37. The molecule has 1 amide bonds. The number of hydrogen-bond donors (Lipinski definition) is 1. The summed E-state index contributed by atoms with van der Waals surface area (Å²) < 4.78 is 5.11. The molecule has 1 aliphatic heterocycles. The molecule has 0 aromatic heterocycles. The number of likely N-dealkylation sites (tertiary alicyclic amines) is 1. The van der Waals surface area contributed by atoms with Gasteiger partial charge in [-0.3, -0.25) is 4.79 Å². The zero-order valence-electron chi connectivity index (χ0n) is 11.5. The fourth-order valence-corrected chi connectivity index (χ4v) is 3.28. The molecule has 0 bridgehead atoms. The van der Waals surface area contributed by atoms with Crippen LogP contribution in [0.15, 0.2) is 0 Å². The lowest BCUT2D eigenvalue weighted by Crippen LogP contribution is -2.51. The lowest BCUT2D eigenvalue weighted by molar-refractivity contribution is -0.155. The van der Waals surface area contributed by atoms with Gasteiger partial charge in [-0.25, -0.2) is 4.79 Å². The molecule has 1 saturated carbocycles. The number of amides is 1. The lowest BCUT2D eigenvalue weighted by Gasteiger charge is -2.44. The summed E-state index contributed by atoms with van der Waals surface area (Å²) in [6, 6.07) is 0.360. The molecule has 1 aliphatic carbocycles. The lowest BCUT2D eigenvalue weighted by atomic mass is 9.78. The Labute approximate surface area is 113 Å². The number of piperidine rings is 1. The van der Waals surface area contributed by atoms with Crippen LogP contribution in [0, 0.1) is 5.92 Å². The van der Waals surface area contributed by atoms with Gasteiger partial charge < -0.3 is 14.7 Å². The van der Waals surface area contributed by atoms with Crippen LogP contribution in [0.4, 0.5) is 0 Å². The van der Waals surface area contributed by atoms with Crippen molar-refractivity contribution < 1.29 is 19.4 Å². The highest BCUT2D eigenvalue weighted by Crippen LogP contribution is 2.35. The molecule has 0 spiro atoms. The average Bonchev–Trinajstić information content (AvgIpc) is 2.43. The van der Waals surface area contributed by atoms with Crippen molar-refractivity contribution in [3.05, 3.63) is 0 Å². The topological polar surface area (TPSA) is 66.8 Å².